The van der Waals surface area contributed by atoms with E-state index in [1.165, 1.54) is 11.3 Å². The van der Waals surface area contributed by atoms with Crippen molar-refractivity contribution in [1.82, 2.24) is 0 Å². The van der Waals surface area contributed by atoms with E-state index in [0.717, 1.165) is 0 Å². The largest absolute Gasteiger partial charge is 0.467 e. The van der Waals surface area contributed by atoms with E-state index in [-0.39, 0.29) is 0 Å². The quantitative estimate of drug-likeness (QED) is 0.479. The zero-order valence-electron chi connectivity index (χ0n) is 9.69. The summed E-state index contributed by atoms with van der Waals surface area (Å²) >= 11 is 0. The van der Waals surface area contributed by atoms with Crippen molar-refractivity contribution in [3.05, 3.63) is 29.8 Å². The Balaban J connectivity index is 0.000000293. The molecule has 0 heterocycles. The molecule has 0 fully saturated rings. The summed E-state index contributed by atoms with van der Waals surface area (Å²) in [5.74, 6) is 2.32. The highest BCUT2D eigenvalue weighted by atomic mass is 16.5. The first kappa shape index (κ1) is 14.1. The maximum atomic E-state index is 9.39. The SMILES string of the molecule is C#CCCOC=O.CNc1ccc(C)cc1. The van der Waals surface area contributed by atoms with Crippen LogP contribution >= 0.6 is 0 Å². The van der Waals surface area contributed by atoms with Gasteiger partial charge in [-0.15, -0.1) is 12.3 Å². The van der Waals surface area contributed by atoms with Crippen LogP contribution < -0.4 is 5.32 Å². The average molecular weight is 219 g/mol. The molecule has 1 N–H and O–H groups in total. The number of terminal acetylenes is 1. The molecule has 0 unspecified atom stereocenters. The first-order valence-electron chi connectivity index (χ1n) is 4.97. The summed E-state index contributed by atoms with van der Waals surface area (Å²) in [6.07, 6.45) is 5.32. The van der Waals surface area contributed by atoms with Crippen LogP contribution in [-0.4, -0.2) is 20.1 Å². The van der Waals surface area contributed by atoms with Crippen molar-refractivity contribution >= 4 is 12.2 Å². The van der Waals surface area contributed by atoms with Gasteiger partial charge in [-0.1, -0.05) is 17.7 Å². The van der Waals surface area contributed by atoms with Crippen LogP contribution in [0.5, 0.6) is 0 Å². The predicted molar refractivity (Wildman–Crippen MR) is 66.2 cm³/mol. The number of carbonyl (C=O) groups excluding carboxylic acids is 1. The van der Waals surface area contributed by atoms with Gasteiger partial charge in [0.15, 0.2) is 0 Å². The molecule has 0 radical (unpaired) electrons. The van der Waals surface area contributed by atoms with Crippen molar-refractivity contribution in [2.75, 3.05) is 19.0 Å². The number of anilines is 1. The maximum Gasteiger partial charge on any atom is 0.293 e. The summed E-state index contributed by atoms with van der Waals surface area (Å²) in [5.41, 5.74) is 2.47. The first-order chi connectivity index (χ1) is 7.74. The number of hydrogen-bond acceptors (Lipinski definition) is 3. The van der Waals surface area contributed by atoms with Gasteiger partial charge in [-0.05, 0) is 19.1 Å². The maximum absolute atomic E-state index is 9.39. The fourth-order valence-electron chi connectivity index (χ4n) is 0.886. The van der Waals surface area contributed by atoms with Crippen LogP contribution in [0, 0.1) is 19.3 Å². The van der Waals surface area contributed by atoms with Crippen LogP contribution in [0.4, 0.5) is 5.69 Å². The lowest BCUT2D eigenvalue weighted by Gasteiger charge is -1.97. The molecule has 0 aliphatic rings. The smallest absolute Gasteiger partial charge is 0.293 e. The molecule has 0 aliphatic heterocycles. The van der Waals surface area contributed by atoms with Crippen LogP contribution in [0.25, 0.3) is 0 Å². The van der Waals surface area contributed by atoms with E-state index < -0.39 is 0 Å². The van der Waals surface area contributed by atoms with Gasteiger partial charge in [0.05, 0.1) is 0 Å². The number of carbonyl (C=O) groups is 1. The number of aryl methyl sites for hydroxylation is 1. The zero-order chi connectivity index (χ0) is 12.2. The van der Waals surface area contributed by atoms with Crippen LogP contribution in [0.1, 0.15) is 12.0 Å². The van der Waals surface area contributed by atoms with Crippen molar-refractivity contribution in [3.8, 4) is 12.3 Å². The number of rotatable bonds is 4. The predicted octanol–water partition coefficient (Wildman–Crippen LogP) is 2.22. The minimum atomic E-state index is 0.333. The van der Waals surface area contributed by atoms with E-state index in [1.54, 1.807) is 0 Å². The van der Waals surface area contributed by atoms with E-state index >= 15 is 0 Å². The van der Waals surface area contributed by atoms with Gasteiger partial charge < -0.3 is 10.1 Å². The number of ether oxygens (including phenoxy) is 1. The summed E-state index contributed by atoms with van der Waals surface area (Å²) in [5, 5.41) is 3.05. The van der Waals surface area contributed by atoms with Crippen molar-refractivity contribution < 1.29 is 9.53 Å². The molecule has 16 heavy (non-hydrogen) atoms. The van der Waals surface area contributed by atoms with Gasteiger partial charge in [0.25, 0.3) is 6.47 Å². The third-order valence-corrected chi connectivity index (χ3v) is 1.77. The van der Waals surface area contributed by atoms with Crippen molar-refractivity contribution in [1.29, 1.82) is 0 Å². The van der Waals surface area contributed by atoms with Crippen LogP contribution in [-0.2, 0) is 9.53 Å². The molecule has 0 aliphatic carbocycles. The van der Waals surface area contributed by atoms with Gasteiger partial charge in [0.2, 0.25) is 0 Å². The molecule has 0 aromatic heterocycles. The second kappa shape index (κ2) is 9.60. The van der Waals surface area contributed by atoms with E-state index in [2.05, 4.69) is 47.2 Å². The molecular weight excluding hydrogens is 202 g/mol. The normalized spacial score (nSPS) is 8.06. The minimum Gasteiger partial charge on any atom is -0.467 e. The summed E-state index contributed by atoms with van der Waals surface area (Å²) in [6, 6.07) is 8.31. The molecule has 0 saturated carbocycles. The number of nitrogens with one attached hydrogen (secondary N) is 1. The third kappa shape index (κ3) is 7.45. The Hall–Kier alpha value is -1.95. The van der Waals surface area contributed by atoms with Crippen LogP contribution in [0.2, 0.25) is 0 Å². The fourth-order valence-corrected chi connectivity index (χ4v) is 0.886. The standard InChI is InChI=1S/C8H11N.C5H6O2/c1-7-3-5-8(9-2)6-4-7;1-2-3-4-7-5-6/h3-6,9H,1-2H3;1,5H,3-4H2. The van der Waals surface area contributed by atoms with Gasteiger partial charge in [0, 0.05) is 19.2 Å². The number of benzene rings is 1. The molecular formula is C13H17NO2. The van der Waals surface area contributed by atoms with Gasteiger partial charge in [-0.3, -0.25) is 4.79 Å². The molecule has 0 atom stereocenters. The van der Waals surface area contributed by atoms with Gasteiger partial charge in [-0.2, -0.15) is 0 Å². The minimum absolute atomic E-state index is 0.333. The van der Waals surface area contributed by atoms with Crippen molar-refractivity contribution in [2.24, 2.45) is 0 Å². The molecule has 1 rings (SSSR count). The fraction of sp³-hybridized carbons (Fsp3) is 0.308. The lowest BCUT2D eigenvalue weighted by Crippen LogP contribution is -1.87. The molecule has 0 bridgehead atoms. The summed E-state index contributed by atoms with van der Waals surface area (Å²) in [6.45, 7) is 2.80. The molecule has 86 valence electrons. The molecule has 0 amide bonds. The Morgan fingerprint density at radius 3 is 2.50 bits per heavy atom. The first-order valence-corrected chi connectivity index (χ1v) is 4.97. The summed E-state index contributed by atoms with van der Waals surface area (Å²) in [4.78, 5) is 9.39. The van der Waals surface area contributed by atoms with Crippen molar-refractivity contribution in [3.63, 3.8) is 0 Å². The van der Waals surface area contributed by atoms with Crippen LogP contribution in [0.15, 0.2) is 24.3 Å². The molecule has 3 nitrogen and oxygen atoms in total. The van der Waals surface area contributed by atoms with Gasteiger partial charge >= 0.3 is 0 Å². The Morgan fingerprint density at radius 1 is 1.44 bits per heavy atom. The monoisotopic (exact) mass is 219 g/mol. The average Bonchev–Trinajstić information content (AvgIpc) is 2.32. The summed E-state index contributed by atoms with van der Waals surface area (Å²) in [7, 11) is 1.92. The van der Waals surface area contributed by atoms with Gasteiger partial charge in [-0.25, -0.2) is 0 Å². The van der Waals surface area contributed by atoms with E-state index in [4.69, 9.17) is 6.42 Å². The lowest BCUT2D eigenvalue weighted by atomic mass is 10.2. The molecule has 0 saturated heterocycles. The lowest BCUT2D eigenvalue weighted by molar-refractivity contribution is -0.128. The Bertz CT molecular complexity index is 325. The molecule has 3 heteroatoms. The highest BCUT2D eigenvalue weighted by molar-refractivity contribution is 5.43. The van der Waals surface area contributed by atoms with E-state index in [1.807, 2.05) is 7.05 Å². The molecule has 1 aromatic carbocycles. The second-order valence-electron chi connectivity index (χ2n) is 3.04. The van der Waals surface area contributed by atoms with Crippen molar-refractivity contribution in [2.45, 2.75) is 13.3 Å². The highest BCUT2D eigenvalue weighted by Crippen LogP contribution is 2.06. The highest BCUT2D eigenvalue weighted by Gasteiger charge is 1.83. The Labute approximate surface area is 96.8 Å². The Kier molecular flexibility index (Phi) is 8.43. The van der Waals surface area contributed by atoms with Crippen LogP contribution in [0.3, 0.4) is 0 Å². The van der Waals surface area contributed by atoms with E-state index in [0.29, 0.717) is 19.5 Å². The second-order valence-corrected chi connectivity index (χ2v) is 3.04. The molecule has 0 spiro atoms. The topological polar surface area (TPSA) is 38.3 Å². The molecule has 1 aromatic rings. The Morgan fingerprint density at radius 2 is 2.06 bits per heavy atom. The third-order valence-electron chi connectivity index (χ3n) is 1.77. The number of hydrogen-bond donors (Lipinski definition) is 1. The van der Waals surface area contributed by atoms with Gasteiger partial charge in [0.1, 0.15) is 6.61 Å². The van der Waals surface area contributed by atoms with E-state index in [9.17, 15) is 4.79 Å². The summed E-state index contributed by atoms with van der Waals surface area (Å²) < 4.78 is 4.25. The zero-order valence-corrected chi connectivity index (χ0v) is 9.69.